The molecular formula is C11H11N3O3. The second kappa shape index (κ2) is 4.14. The third kappa shape index (κ3) is 1.99. The van der Waals surface area contributed by atoms with Crippen LogP contribution in [0.3, 0.4) is 0 Å². The third-order valence-corrected chi connectivity index (χ3v) is 2.76. The summed E-state index contributed by atoms with van der Waals surface area (Å²) in [4.78, 5) is 17.8. The minimum atomic E-state index is -0.151. The molecule has 0 amide bonds. The van der Waals surface area contributed by atoms with E-state index < -0.39 is 0 Å². The van der Waals surface area contributed by atoms with Gasteiger partial charge in [0, 0.05) is 24.4 Å². The second-order valence-corrected chi connectivity index (χ2v) is 3.96. The van der Waals surface area contributed by atoms with Crippen LogP contribution in [0.4, 0.5) is 0 Å². The second-order valence-electron chi connectivity index (χ2n) is 3.96. The predicted molar refractivity (Wildman–Crippen MR) is 58.5 cm³/mol. The molecule has 17 heavy (non-hydrogen) atoms. The van der Waals surface area contributed by atoms with E-state index in [1.165, 1.54) is 6.07 Å². The van der Waals surface area contributed by atoms with Crippen LogP contribution in [0.5, 0.6) is 0 Å². The van der Waals surface area contributed by atoms with Gasteiger partial charge in [0.1, 0.15) is 0 Å². The maximum absolute atomic E-state index is 10.9. The summed E-state index contributed by atoms with van der Waals surface area (Å²) in [6.45, 7) is 1.37. The molecule has 0 aliphatic carbocycles. The highest BCUT2D eigenvalue weighted by Gasteiger charge is 2.23. The average Bonchev–Trinajstić information content (AvgIpc) is 3.00. The van der Waals surface area contributed by atoms with Crippen LogP contribution in [0.15, 0.2) is 27.6 Å². The summed E-state index contributed by atoms with van der Waals surface area (Å²) in [6.07, 6.45) is 2.48. The van der Waals surface area contributed by atoms with Crippen molar-refractivity contribution in [1.82, 2.24) is 15.1 Å². The van der Waals surface area contributed by atoms with Crippen molar-refractivity contribution in [3.63, 3.8) is 0 Å². The van der Waals surface area contributed by atoms with Crippen molar-refractivity contribution >= 4 is 0 Å². The zero-order chi connectivity index (χ0) is 11.7. The highest BCUT2D eigenvalue weighted by Crippen LogP contribution is 2.25. The van der Waals surface area contributed by atoms with Gasteiger partial charge in [-0.2, -0.15) is 4.98 Å². The van der Waals surface area contributed by atoms with Crippen LogP contribution in [0.25, 0.3) is 11.4 Å². The molecule has 1 fully saturated rings. The van der Waals surface area contributed by atoms with Gasteiger partial charge in [0.15, 0.2) is 0 Å². The number of nitrogens with zero attached hydrogens (tertiary/aromatic N) is 2. The zero-order valence-corrected chi connectivity index (χ0v) is 9.05. The lowest BCUT2D eigenvalue weighted by atomic mass is 10.1. The van der Waals surface area contributed by atoms with E-state index in [1.807, 2.05) is 0 Å². The Balaban J connectivity index is 1.89. The molecular weight excluding hydrogens is 222 g/mol. The fourth-order valence-electron chi connectivity index (χ4n) is 1.80. The minimum absolute atomic E-state index is 0.151. The Kier molecular flexibility index (Phi) is 2.49. The van der Waals surface area contributed by atoms with Gasteiger partial charge in [-0.15, -0.1) is 0 Å². The quantitative estimate of drug-likeness (QED) is 0.834. The van der Waals surface area contributed by atoms with E-state index >= 15 is 0 Å². The molecule has 3 heterocycles. The molecule has 88 valence electrons. The monoisotopic (exact) mass is 233 g/mol. The Morgan fingerprint density at radius 3 is 3.06 bits per heavy atom. The van der Waals surface area contributed by atoms with Gasteiger partial charge < -0.3 is 14.2 Å². The molecule has 0 spiro atoms. The fourth-order valence-corrected chi connectivity index (χ4v) is 1.80. The van der Waals surface area contributed by atoms with E-state index in [-0.39, 0.29) is 11.5 Å². The number of aromatic amines is 1. The number of aromatic nitrogens is 3. The molecule has 3 rings (SSSR count). The van der Waals surface area contributed by atoms with Crippen molar-refractivity contribution in [1.29, 1.82) is 0 Å². The molecule has 0 aromatic carbocycles. The molecule has 2 aromatic rings. The maximum atomic E-state index is 10.9. The molecule has 1 aliphatic heterocycles. The number of nitrogens with one attached hydrogen (secondary N) is 1. The van der Waals surface area contributed by atoms with Gasteiger partial charge in [-0.25, -0.2) is 0 Å². The number of pyridine rings is 1. The van der Waals surface area contributed by atoms with Crippen molar-refractivity contribution in [2.45, 2.75) is 12.3 Å². The Hall–Kier alpha value is -1.95. The van der Waals surface area contributed by atoms with Gasteiger partial charge in [-0.05, 0) is 12.5 Å². The number of hydrogen-bond donors (Lipinski definition) is 1. The average molecular weight is 233 g/mol. The van der Waals surface area contributed by atoms with Crippen molar-refractivity contribution in [3.05, 3.63) is 34.6 Å². The highest BCUT2D eigenvalue weighted by atomic mass is 16.5. The smallest absolute Gasteiger partial charge is 0.247 e. The van der Waals surface area contributed by atoms with Gasteiger partial charge in [-0.3, -0.25) is 4.79 Å². The number of hydrogen-bond acceptors (Lipinski definition) is 5. The molecule has 1 atom stereocenters. The van der Waals surface area contributed by atoms with Crippen LogP contribution >= 0.6 is 0 Å². The SMILES string of the molecule is O=c1ccc(-c2noc(C3CCOC3)n2)c[nH]1. The first-order valence-corrected chi connectivity index (χ1v) is 5.43. The van der Waals surface area contributed by atoms with Crippen LogP contribution in [-0.4, -0.2) is 28.3 Å². The van der Waals surface area contributed by atoms with Crippen molar-refractivity contribution in [2.75, 3.05) is 13.2 Å². The van der Waals surface area contributed by atoms with Gasteiger partial charge in [0.25, 0.3) is 0 Å². The number of rotatable bonds is 2. The normalized spacial score (nSPS) is 19.6. The van der Waals surface area contributed by atoms with E-state index in [9.17, 15) is 4.79 Å². The molecule has 0 radical (unpaired) electrons. The van der Waals surface area contributed by atoms with E-state index in [1.54, 1.807) is 12.3 Å². The van der Waals surface area contributed by atoms with E-state index in [0.717, 1.165) is 18.6 Å². The van der Waals surface area contributed by atoms with Gasteiger partial charge in [0.05, 0.1) is 12.5 Å². The van der Waals surface area contributed by atoms with Crippen LogP contribution in [0.1, 0.15) is 18.2 Å². The first kappa shape index (κ1) is 10.2. The number of ether oxygens (including phenoxy) is 1. The first-order chi connectivity index (χ1) is 8.33. The Labute approximate surface area is 96.6 Å². The number of H-pyrrole nitrogens is 1. The molecule has 6 nitrogen and oxygen atoms in total. The minimum Gasteiger partial charge on any atom is -0.381 e. The first-order valence-electron chi connectivity index (χ1n) is 5.43. The van der Waals surface area contributed by atoms with E-state index in [4.69, 9.17) is 9.26 Å². The summed E-state index contributed by atoms with van der Waals surface area (Å²) in [7, 11) is 0. The fraction of sp³-hybridized carbons (Fsp3) is 0.364. The van der Waals surface area contributed by atoms with Gasteiger partial charge in [0.2, 0.25) is 17.3 Å². The van der Waals surface area contributed by atoms with Gasteiger partial charge in [-0.1, -0.05) is 5.16 Å². The molecule has 1 N–H and O–H groups in total. The molecule has 6 heteroatoms. The van der Waals surface area contributed by atoms with Crippen LogP contribution in [0, 0.1) is 0 Å². The lowest BCUT2D eigenvalue weighted by Crippen LogP contribution is -2.02. The van der Waals surface area contributed by atoms with Crippen LogP contribution in [-0.2, 0) is 4.74 Å². The topological polar surface area (TPSA) is 81.0 Å². The summed E-state index contributed by atoms with van der Waals surface area (Å²) in [5.41, 5.74) is 0.583. The predicted octanol–water partition coefficient (Wildman–Crippen LogP) is 0.929. The van der Waals surface area contributed by atoms with Crippen molar-refractivity contribution in [3.8, 4) is 11.4 Å². The molecule has 2 aromatic heterocycles. The standard InChI is InChI=1S/C11H11N3O3/c15-9-2-1-7(5-12-9)10-13-11(17-14-10)8-3-4-16-6-8/h1-2,5,8H,3-4,6H2,(H,12,15). The lowest BCUT2D eigenvalue weighted by molar-refractivity contribution is 0.189. The van der Waals surface area contributed by atoms with Crippen LogP contribution < -0.4 is 5.56 Å². The van der Waals surface area contributed by atoms with Gasteiger partial charge >= 0.3 is 0 Å². The Morgan fingerprint density at radius 1 is 1.41 bits per heavy atom. The maximum Gasteiger partial charge on any atom is 0.247 e. The molecule has 0 saturated carbocycles. The summed E-state index contributed by atoms with van der Waals surface area (Å²) in [5, 5.41) is 3.90. The van der Waals surface area contributed by atoms with Crippen molar-refractivity contribution in [2.24, 2.45) is 0 Å². The Morgan fingerprint density at radius 2 is 2.35 bits per heavy atom. The molecule has 0 bridgehead atoms. The largest absolute Gasteiger partial charge is 0.381 e. The highest BCUT2D eigenvalue weighted by molar-refractivity contribution is 5.51. The van der Waals surface area contributed by atoms with Crippen LogP contribution in [0.2, 0.25) is 0 Å². The Bertz CT molecular complexity index is 549. The summed E-state index contributed by atoms with van der Waals surface area (Å²) in [5.74, 6) is 1.28. The lowest BCUT2D eigenvalue weighted by Gasteiger charge is -1.97. The zero-order valence-electron chi connectivity index (χ0n) is 9.05. The van der Waals surface area contributed by atoms with E-state index in [2.05, 4.69) is 15.1 Å². The molecule has 1 aliphatic rings. The summed E-state index contributed by atoms with van der Waals surface area (Å²) < 4.78 is 10.5. The molecule has 1 saturated heterocycles. The summed E-state index contributed by atoms with van der Waals surface area (Å²) in [6, 6.07) is 3.10. The summed E-state index contributed by atoms with van der Waals surface area (Å²) >= 11 is 0. The van der Waals surface area contributed by atoms with E-state index in [0.29, 0.717) is 18.3 Å². The third-order valence-electron chi connectivity index (χ3n) is 2.76. The van der Waals surface area contributed by atoms with Crippen molar-refractivity contribution < 1.29 is 9.26 Å². The molecule has 1 unspecified atom stereocenters.